The lowest BCUT2D eigenvalue weighted by atomic mass is 9.89. The molecule has 1 amide bonds. The molecular formula is C18H24N4O3. The van der Waals surface area contributed by atoms with Gasteiger partial charge >= 0.3 is 0 Å². The number of hydrogen-bond donors (Lipinski definition) is 1. The van der Waals surface area contributed by atoms with Gasteiger partial charge in [-0.15, -0.1) is 0 Å². The number of carbonyl (C=O) groups excluding carboxylic acids is 1. The summed E-state index contributed by atoms with van der Waals surface area (Å²) < 4.78 is 13.2. The van der Waals surface area contributed by atoms with E-state index in [1.807, 2.05) is 19.2 Å². The highest BCUT2D eigenvalue weighted by Gasteiger charge is 2.43. The molecule has 0 unspecified atom stereocenters. The number of rotatable bonds is 4. The first-order valence-electron chi connectivity index (χ1n) is 8.80. The van der Waals surface area contributed by atoms with Crippen LogP contribution in [0.15, 0.2) is 35.2 Å². The van der Waals surface area contributed by atoms with Crippen LogP contribution in [-0.4, -0.2) is 51.9 Å². The van der Waals surface area contributed by atoms with Gasteiger partial charge in [-0.3, -0.25) is 14.4 Å². The summed E-state index contributed by atoms with van der Waals surface area (Å²) in [5, 5.41) is 7.21. The summed E-state index contributed by atoms with van der Waals surface area (Å²) in [6.45, 7) is 3.37. The molecule has 25 heavy (non-hydrogen) atoms. The van der Waals surface area contributed by atoms with Gasteiger partial charge in [0.1, 0.15) is 5.76 Å². The number of aryl methyl sites for hydroxylation is 1. The first-order valence-corrected chi connectivity index (χ1v) is 8.80. The number of aromatic nitrogens is 2. The molecule has 0 aromatic carbocycles. The van der Waals surface area contributed by atoms with Crippen molar-refractivity contribution < 1.29 is 13.9 Å². The van der Waals surface area contributed by atoms with Gasteiger partial charge in [0.15, 0.2) is 0 Å². The van der Waals surface area contributed by atoms with Gasteiger partial charge in [-0.1, -0.05) is 0 Å². The number of likely N-dealkylation sites (tertiary alicyclic amines) is 1. The number of furan rings is 1. The molecule has 4 heterocycles. The molecule has 1 N–H and O–H groups in total. The molecule has 2 aromatic heterocycles. The molecule has 0 bridgehead atoms. The van der Waals surface area contributed by atoms with E-state index in [1.165, 1.54) is 0 Å². The normalized spacial score (nSPS) is 27.0. The van der Waals surface area contributed by atoms with E-state index in [0.717, 1.165) is 44.7 Å². The summed E-state index contributed by atoms with van der Waals surface area (Å²) in [6.07, 6.45) is 7.75. The van der Waals surface area contributed by atoms with Crippen LogP contribution in [0.4, 0.5) is 0 Å². The zero-order valence-corrected chi connectivity index (χ0v) is 14.5. The van der Waals surface area contributed by atoms with E-state index in [-0.39, 0.29) is 17.6 Å². The van der Waals surface area contributed by atoms with Gasteiger partial charge < -0.3 is 14.5 Å². The minimum Gasteiger partial charge on any atom is -0.468 e. The smallest absolute Gasteiger partial charge is 0.254 e. The Labute approximate surface area is 146 Å². The zero-order chi connectivity index (χ0) is 17.3. The molecule has 0 radical (unpaired) electrons. The lowest BCUT2D eigenvalue weighted by molar-refractivity contribution is -0.0794. The third kappa shape index (κ3) is 3.62. The van der Waals surface area contributed by atoms with E-state index >= 15 is 0 Å². The summed E-state index contributed by atoms with van der Waals surface area (Å²) in [5.41, 5.74) is 0.450. The maximum absolute atomic E-state index is 12.4. The van der Waals surface area contributed by atoms with Gasteiger partial charge in [0.25, 0.3) is 5.91 Å². The first-order chi connectivity index (χ1) is 12.1. The minimum absolute atomic E-state index is 0.0550. The van der Waals surface area contributed by atoms with Crippen molar-refractivity contribution in [3.8, 4) is 0 Å². The third-order valence-electron chi connectivity index (χ3n) is 5.15. The Morgan fingerprint density at radius 2 is 2.44 bits per heavy atom. The number of nitrogens with zero attached hydrogens (tertiary/aromatic N) is 3. The van der Waals surface area contributed by atoms with Gasteiger partial charge in [-0.2, -0.15) is 5.10 Å². The van der Waals surface area contributed by atoms with Crippen LogP contribution in [0.3, 0.4) is 0 Å². The average Bonchev–Trinajstić information content (AvgIpc) is 3.31. The van der Waals surface area contributed by atoms with E-state index in [0.29, 0.717) is 12.2 Å². The number of amides is 1. The minimum atomic E-state index is -0.155. The molecule has 134 valence electrons. The van der Waals surface area contributed by atoms with Crippen LogP contribution in [-0.2, 0) is 18.3 Å². The van der Waals surface area contributed by atoms with Crippen molar-refractivity contribution in [2.75, 3.05) is 19.7 Å². The summed E-state index contributed by atoms with van der Waals surface area (Å²) in [7, 11) is 1.81. The molecular weight excluding hydrogens is 320 g/mol. The molecule has 7 heteroatoms. The maximum atomic E-state index is 12.4. The second-order valence-electron chi connectivity index (χ2n) is 7.14. The summed E-state index contributed by atoms with van der Waals surface area (Å²) in [4.78, 5) is 14.7. The van der Waals surface area contributed by atoms with Crippen LogP contribution >= 0.6 is 0 Å². The van der Waals surface area contributed by atoms with E-state index < -0.39 is 0 Å². The van der Waals surface area contributed by atoms with E-state index in [2.05, 4.69) is 15.3 Å². The van der Waals surface area contributed by atoms with Crippen LogP contribution in [0.1, 0.15) is 35.4 Å². The highest BCUT2D eigenvalue weighted by Crippen LogP contribution is 2.35. The zero-order valence-electron chi connectivity index (χ0n) is 14.5. The van der Waals surface area contributed by atoms with Gasteiger partial charge in [0.2, 0.25) is 0 Å². The second-order valence-corrected chi connectivity index (χ2v) is 7.14. The standard InChI is InChI=1S/C18H24N4O3/c1-21-11-14(10-19-21)17(23)20-15-4-8-25-18(9-15)5-6-22(13-18)12-16-3-2-7-24-16/h2-3,7,10-11,15H,4-6,8-9,12-13H2,1H3,(H,20,23)/t15-,18-/m1/s1. The molecule has 1 spiro atoms. The first kappa shape index (κ1) is 16.4. The molecule has 2 atom stereocenters. The summed E-state index contributed by atoms with van der Waals surface area (Å²) in [5.74, 6) is 0.926. The number of hydrogen-bond acceptors (Lipinski definition) is 5. The van der Waals surface area contributed by atoms with E-state index in [9.17, 15) is 4.79 Å². The Hall–Kier alpha value is -2.12. The lowest BCUT2D eigenvalue weighted by Gasteiger charge is -2.38. The van der Waals surface area contributed by atoms with Crippen LogP contribution < -0.4 is 5.32 Å². The fourth-order valence-corrected chi connectivity index (χ4v) is 3.93. The Morgan fingerprint density at radius 1 is 1.52 bits per heavy atom. The van der Waals surface area contributed by atoms with Crippen LogP contribution in [0.5, 0.6) is 0 Å². The van der Waals surface area contributed by atoms with Gasteiger partial charge in [-0.05, 0) is 31.4 Å². The molecule has 2 aromatic rings. The van der Waals surface area contributed by atoms with Crippen molar-refractivity contribution in [2.24, 2.45) is 7.05 Å². The van der Waals surface area contributed by atoms with Gasteiger partial charge in [0.05, 0.1) is 30.2 Å². The fraction of sp³-hybridized carbons (Fsp3) is 0.556. The summed E-state index contributed by atoms with van der Waals surface area (Å²) >= 11 is 0. The Morgan fingerprint density at radius 3 is 3.20 bits per heavy atom. The Balaban J connectivity index is 1.35. The second kappa shape index (κ2) is 6.65. The molecule has 7 nitrogen and oxygen atoms in total. The largest absolute Gasteiger partial charge is 0.468 e. The quantitative estimate of drug-likeness (QED) is 0.911. The lowest BCUT2D eigenvalue weighted by Crippen LogP contribution is -2.49. The van der Waals surface area contributed by atoms with Crippen molar-refractivity contribution in [3.63, 3.8) is 0 Å². The van der Waals surface area contributed by atoms with Crippen molar-refractivity contribution in [3.05, 3.63) is 42.1 Å². The molecule has 2 aliphatic rings. The van der Waals surface area contributed by atoms with Crippen LogP contribution in [0.2, 0.25) is 0 Å². The van der Waals surface area contributed by atoms with Crippen LogP contribution in [0, 0.1) is 0 Å². The fourth-order valence-electron chi connectivity index (χ4n) is 3.93. The topological polar surface area (TPSA) is 72.5 Å². The SMILES string of the molecule is Cn1cc(C(=O)N[C@@H]2CCO[C@]3(CCN(Cc4ccco4)C3)C2)cn1. The molecule has 0 aliphatic carbocycles. The van der Waals surface area contributed by atoms with Gasteiger partial charge in [-0.25, -0.2) is 0 Å². The number of nitrogens with one attached hydrogen (secondary N) is 1. The molecule has 2 fully saturated rings. The summed E-state index contributed by atoms with van der Waals surface area (Å²) in [6, 6.07) is 4.07. The predicted molar refractivity (Wildman–Crippen MR) is 91.0 cm³/mol. The highest BCUT2D eigenvalue weighted by atomic mass is 16.5. The molecule has 2 saturated heterocycles. The van der Waals surface area contributed by atoms with Crippen LogP contribution in [0.25, 0.3) is 0 Å². The Bertz CT molecular complexity index is 727. The monoisotopic (exact) mass is 344 g/mol. The molecule has 0 saturated carbocycles. The van der Waals surface area contributed by atoms with Crippen molar-refractivity contribution in [1.82, 2.24) is 20.0 Å². The highest BCUT2D eigenvalue weighted by molar-refractivity contribution is 5.93. The van der Waals surface area contributed by atoms with Gasteiger partial charge in [0, 0.05) is 39.0 Å². The predicted octanol–water partition coefficient (Wildman–Crippen LogP) is 1.57. The van der Waals surface area contributed by atoms with Crippen molar-refractivity contribution >= 4 is 5.91 Å². The molecule has 2 aliphatic heterocycles. The van der Waals surface area contributed by atoms with Crippen molar-refractivity contribution in [2.45, 2.75) is 37.5 Å². The number of ether oxygens (including phenoxy) is 1. The number of carbonyl (C=O) groups is 1. The molecule has 4 rings (SSSR count). The van der Waals surface area contributed by atoms with Crippen molar-refractivity contribution in [1.29, 1.82) is 0 Å². The third-order valence-corrected chi connectivity index (χ3v) is 5.15. The maximum Gasteiger partial charge on any atom is 0.254 e. The Kier molecular flexibility index (Phi) is 4.35. The van der Waals surface area contributed by atoms with E-state index in [1.54, 1.807) is 23.3 Å². The van der Waals surface area contributed by atoms with E-state index in [4.69, 9.17) is 9.15 Å². The average molecular weight is 344 g/mol.